The molecule has 0 radical (unpaired) electrons. The highest BCUT2D eigenvalue weighted by Crippen LogP contribution is 2.33. The van der Waals surface area contributed by atoms with Crippen molar-refractivity contribution in [3.63, 3.8) is 0 Å². The fraction of sp³-hybridized carbons (Fsp3) is 0.333. The summed E-state index contributed by atoms with van der Waals surface area (Å²) in [6, 6.07) is 7.07. The SMILES string of the molecule is CC1(C)CN(C(=N)N)N=C1c1ccccc1O. The van der Waals surface area contributed by atoms with Gasteiger partial charge in [0.15, 0.2) is 0 Å². The molecule has 4 N–H and O–H groups in total. The first-order valence-electron chi connectivity index (χ1n) is 5.41. The number of para-hydroxylation sites is 1. The molecule has 0 spiro atoms. The van der Waals surface area contributed by atoms with Crippen molar-refractivity contribution in [3.05, 3.63) is 29.8 Å². The van der Waals surface area contributed by atoms with Crippen molar-refractivity contribution >= 4 is 11.7 Å². The van der Waals surface area contributed by atoms with Crippen molar-refractivity contribution in [2.45, 2.75) is 13.8 Å². The summed E-state index contributed by atoms with van der Waals surface area (Å²) in [5.41, 5.74) is 6.64. The Morgan fingerprint density at radius 3 is 2.65 bits per heavy atom. The Morgan fingerprint density at radius 1 is 1.47 bits per heavy atom. The number of phenolic OH excluding ortho intramolecular Hbond substituents is 1. The summed E-state index contributed by atoms with van der Waals surface area (Å²) in [5.74, 6) is 0.119. The second-order valence-corrected chi connectivity index (χ2v) is 4.79. The van der Waals surface area contributed by atoms with E-state index in [1.165, 1.54) is 5.01 Å². The topological polar surface area (TPSA) is 85.7 Å². The average Bonchev–Trinajstić information content (AvgIpc) is 2.55. The van der Waals surface area contributed by atoms with Crippen LogP contribution in [0.1, 0.15) is 19.4 Å². The van der Waals surface area contributed by atoms with E-state index in [0.29, 0.717) is 12.1 Å². The summed E-state index contributed by atoms with van der Waals surface area (Å²) in [6.45, 7) is 4.58. The number of hydrogen-bond donors (Lipinski definition) is 3. The van der Waals surface area contributed by atoms with Crippen LogP contribution in [0.4, 0.5) is 0 Å². The maximum Gasteiger partial charge on any atom is 0.209 e. The molecular formula is C12H16N4O. The Labute approximate surface area is 100 Å². The van der Waals surface area contributed by atoms with Crippen LogP contribution in [0.25, 0.3) is 0 Å². The molecule has 0 saturated heterocycles. The molecule has 0 amide bonds. The van der Waals surface area contributed by atoms with E-state index >= 15 is 0 Å². The van der Waals surface area contributed by atoms with Gasteiger partial charge in [0, 0.05) is 11.0 Å². The van der Waals surface area contributed by atoms with Crippen LogP contribution in [0.15, 0.2) is 29.4 Å². The molecule has 0 saturated carbocycles. The monoisotopic (exact) mass is 232 g/mol. The highest BCUT2D eigenvalue weighted by molar-refractivity contribution is 6.08. The quantitative estimate of drug-likeness (QED) is 0.504. The molecule has 5 nitrogen and oxygen atoms in total. The number of nitrogens with two attached hydrogens (primary N) is 1. The molecule has 90 valence electrons. The highest BCUT2D eigenvalue weighted by Gasteiger charge is 2.36. The molecule has 0 aromatic heterocycles. The summed E-state index contributed by atoms with van der Waals surface area (Å²) >= 11 is 0. The number of nitrogens with zero attached hydrogens (tertiary/aromatic N) is 2. The van der Waals surface area contributed by atoms with Crippen molar-refractivity contribution in [1.29, 1.82) is 5.41 Å². The highest BCUT2D eigenvalue weighted by atomic mass is 16.3. The minimum atomic E-state index is -0.246. The van der Waals surface area contributed by atoms with Gasteiger partial charge in [-0.2, -0.15) is 5.10 Å². The van der Waals surface area contributed by atoms with Gasteiger partial charge in [-0.3, -0.25) is 5.41 Å². The minimum Gasteiger partial charge on any atom is -0.507 e. The van der Waals surface area contributed by atoms with Gasteiger partial charge in [-0.15, -0.1) is 0 Å². The lowest BCUT2D eigenvalue weighted by Crippen LogP contribution is -2.34. The van der Waals surface area contributed by atoms with Crippen molar-refractivity contribution < 1.29 is 5.11 Å². The molecule has 0 aliphatic carbocycles. The van der Waals surface area contributed by atoms with E-state index in [0.717, 1.165) is 5.71 Å². The lowest BCUT2D eigenvalue weighted by molar-refractivity contribution is 0.379. The van der Waals surface area contributed by atoms with Gasteiger partial charge in [0.25, 0.3) is 0 Å². The molecule has 0 fully saturated rings. The van der Waals surface area contributed by atoms with Gasteiger partial charge in [-0.05, 0) is 12.1 Å². The first-order chi connectivity index (χ1) is 7.92. The third kappa shape index (κ3) is 1.95. The molecule has 2 rings (SSSR count). The van der Waals surface area contributed by atoms with E-state index in [4.69, 9.17) is 11.1 Å². The Hall–Kier alpha value is -2.04. The van der Waals surface area contributed by atoms with E-state index in [1.807, 2.05) is 26.0 Å². The number of aromatic hydroxyl groups is 1. The number of guanidine groups is 1. The molecule has 5 heteroatoms. The molecule has 17 heavy (non-hydrogen) atoms. The van der Waals surface area contributed by atoms with Crippen LogP contribution in [0.5, 0.6) is 5.75 Å². The Kier molecular flexibility index (Phi) is 2.53. The lowest BCUT2D eigenvalue weighted by Gasteiger charge is -2.20. The van der Waals surface area contributed by atoms with E-state index in [9.17, 15) is 5.11 Å². The molecule has 1 aliphatic heterocycles. The second-order valence-electron chi connectivity index (χ2n) is 4.79. The van der Waals surface area contributed by atoms with Gasteiger partial charge in [0.1, 0.15) is 5.75 Å². The van der Waals surface area contributed by atoms with Crippen LogP contribution in [0.2, 0.25) is 0 Å². The predicted molar refractivity (Wildman–Crippen MR) is 67.0 cm³/mol. The van der Waals surface area contributed by atoms with Crippen LogP contribution in [-0.2, 0) is 0 Å². The van der Waals surface area contributed by atoms with Gasteiger partial charge in [0.2, 0.25) is 5.96 Å². The zero-order valence-corrected chi connectivity index (χ0v) is 9.94. The number of benzene rings is 1. The number of hydrogen-bond acceptors (Lipinski definition) is 3. The van der Waals surface area contributed by atoms with Crippen LogP contribution in [0.3, 0.4) is 0 Å². The van der Waals surface area contributed by atoms with Crippen LogP contribution < -0.4 is 5.73 Å². The fourth-order valence-corrected chi connectivity index (χ4v) is 1.97. The Morgan fingerprint density at radius 2 is 2.12 bits per heavy atom. The second kappa shape index (κ2) is 3.76. The van der Waals surface area contributed by atoms with E-state index < -0.39 is 0 Å². The first kappa shape index (κ1) is 11.4. The largest absolute Gasteiger partial charge is 0.507 e. The zero-order valence-electron chi connectivity index (χ0n) is 9.94. The van der Waals surface area contributed by atoms with Gasteiger partial charge < -0.3 is 10.8 Å². The summed E-state index contributed by atoms with van der Waals surface area (Å²) in [7, 11) is 0. The average molecular weight is 232 g/mol. The maximum atomic E-state index is 9.84. The van der Waals surface area contributed by atoms with Crippen molar-refractivity contribution in [2.75, 3.05) is 6.54 Å². The maximum absolute atomic E-state index is 9.84. The minimum absolute atomic E-state index is 0.0801. The summed E-state index contributed by atoms with van der Waals surface area (Å²) in [4.78, 5) is 0. The molecule has 0 unspecified atom stereocenters. The van der Waals surface area contributed by atoms with E-state index in [1.54, 1.807) is 12.1 Å². The van der Waals surface area contributed by atoms with Crippen LogP contribution >= 0.6 is 0 Å². The number of phenols is 1. The van der Waals surface area contributed by atoms with Crippen LogP contribution in [-0.4, -0.2) is 28.3 Å². The summed E-state index contributed by atoms with van der Waals surface area (Å²) in [5, 5.41) is 23.0. The van der Waals surface area contributed by atoms with Crippen molar-refractivity contribution in [3.8, 4) is 5.75 Å². The third-order valence-electron chi connectivity index (χ3n) is 2.84. The molecule has 1 aromatic rings. The van der Waals surface area contributed by atoms with E-state index in [-0.39, 0.29) is 17.1 Å². The number of hydrazone groups is 1. The molecule has 1 aromatic carbocycles. The lowest BCUT2D eigenvalue weighted by atomic mass is 9.84. The normalized spacial score (nSPS) is 18.0. The van der Waals surface area contributed by atoms with Gasteiger partial charge in [-0.25, -0.2) is 5.01 Å². The molecule has 1 aliphatic rings. The molecule has 0 atom stereocenters. The molecule has 0 bridgehead atoms. The standard InChI is InChI=1S/C12H16N4O/c1-12(2)7-16(11(13)14)15-10(12)8-5-3-4-6-9(8)17/h3-6,17H,7H2,1-2H3,(H3,13,14). The fourth-order valence-electron chi connectivity index (χ4n) is 1.97. The first-order valence-corrected chi connectivity index (χ1v) is 5.41. The molecular weight excluding hydrogens is 216 g/mol. The Balaban J connectivity index is 2.47. The van der Waals surface area contributed by atoms with Gasteiger partial charge in [-0.1, -0.05) is 26.0 Å². The predicted octanol–water partition coefficient (Wildman–Crippen LogP) is 1.33. The third-order valence-corrected chi connectivity index (χ3v) is 2.84. The summed E-state index contributed by atoms with van der Waals surface area (Å²) < 4.78 is 0. The van der Waals surface area contributed by atoms with Crippen molar-refractivity contribution in [1.82, 2.24) is 5.01 Å². The zero-order chi connectivity index (χ0) is 12.6. The number of rotatable bonds is 1. The molecule has 1 heterocycles. The van der Waals surface area contributed by atoms with E-state index in [2.05, 4.69) is 5.10 Å². The number of nitrogens with one attached hydrogen (secondary N) is 1. The smallest absolute Gasteiger partial charge is 0.209 e. The van der Waals surface area contributed by atoms with Crippen LogP contribution in [0, 0.1) is 10.8 Å². The Bertz CT molecular complexity index is 493. The summed E-state index contributed by atoms with van der Waals surface area (Å²) in [6.07, 6.45) is 0. The van der Waals surface area contributed by atoms with Gasteiger partial charge >= 0.3 is 0 Å². The van der Waals surface area contributed by atoms with Crippen molar-refractivity contribution in [2.24, 2.45) is 16.3 Å². The van der Waals surface area contributed by atoms with Gasteiger partial charge in [0.05, 0.1) is 12.3 Å².